The summed E-state index contributed by atoms with van der Waals surface area (Å²) in [6, 6.07) is 5.75. The van der Waals surface area contributed by atoms with Crippen LogP contribution in [0.25, 0.3) is 0 Å². The summed E-state index contributed by atoms with van der Waals surface area (Å²) < 4.78 is 5.69. The second kappa shape index (κ2) is 5.11. The highest BCUT2D eigenvalue weighted by atomic mass is 35.5. The number of alkyl halides is 1. The van der Waals surface area contributed by atoms with Crippen LogP contribution < -0.4 is 21.1 Å². The third-order valence-electron chi connectivity index (χ3n) is 5.21. The van der Waals surface area contributed by atoms with Crippen LogP contribution in [-0.2, 0) is 6.42 Å². The molecule has 1 aromatic carbocycles. The number of rotatable bonds is 3. The van der Waals surface area contributed by atoms with Crippen molar-refractivity contribution in [3.8, 4) is 5.75 Å². The number of benzene rings is 1. The highest BCUT2D eigenvalue weighted by Gasteiger charge is 2.69. The molecule has 1 saturated heterocycles. The normalized spacial score (nSPS) is 35.3. The van der Waals surface area contributed by atoms with Crippen LogP contribution >= 0.6 is 11.6 Å². The van der Waals surface area contributed by atoms with Crippen molar-refractivity contribution in [3.05, 3.63) is 29.3 Å². The fourth-order valence-corrected chi connectivity index (χ4v) is 4.33. The van der Waals surface area contributed by atoms with E-state index in [1.54, 1.807) is 0 Å². The minimum absolute atomic E-state index is 0.0921. The number of halogens is 1. The van der Waals surface area contributed by atoms with Crippen molar-refractivity contribution in [1.82, 2.24) is 10.6 Å². The summed E-state index contributed by atoms with van der Waals surface area (Å²) in [5.74, 6) is 1.24. The third-order valence-corrected chi connectivity index (χ3v) is 6.00. The lowest BCUT2D eigenvalue weighted by atomic mass is 10.0. The fourth-order valence-electron chi connectivity index (χ4n) is 3.86. The average molecular weight is 322 g/mol. The second-order valence-electron chi connectivity index (χ2n) is 6.38. The molecular weight excluding hydrogens is 302 g/mol. The number of piperidine rings is 1. The minimum atomic E-state index is -0.389. The van der Waals surface area contributed by atoms with Crippen molar-refractivity contribution in [2.24, 2.45) is 17.6 Å². The Morgan fingerprint density at radius 2 is 2.41 bits per heavy atom. The van der Waals surface area contributed by atoms with Crippen molar-refractivity contribution in [3.63, 3.8) is 0 Å². The van der Waals surface area contributed by atoms with Gasteiger partial charge in [-0.3, -0.25) is 4.79 Å². The molecule has 4 atom stereocenters. The third kappa shape index (κ3) is 2.03. The molecular formula is C16H20ClN3O2. The zero-order valence-electron chi connectivity index (χ0n) is 12.3. The van der Waals surface area contributed by atoms with E-state index in [9.17, 15) is 4.79 Å². The van der Waals surface area contributed by atoms with Crippen LogP contribution in [0.3, 0.4) is 0 Å². The minimum Gasteiger partial charge on any atom is -0.492 e. The lowest BCUT2D eigenvalue weighted by molar-refractivity contribution is 0.0945. The topological polar surface area (TPSA) is 76.4 Å². The summed E-state index contributed by atoms with van der Waals surface area (Å²) in [4.78, 5) is 12.1. The first-order chi connectivity index (χ1) is 10.6. The molecule has 1 aliphatic carbocycles. The second-order valence-corrected chi connectivity index (χ2v) is 7.04. The maximum absolute atomic E-state index is 12.5. The number of nitrogens with one attached hydrogen (secondary N) is 2. The van der Waals surface area contributed by atoms with Gasteiger partial charge >= 0.3 is 0 Å². The number of ether oxygens (including phenoxy) is 1. The van der Waals surface area contributed by atoms with Gasteiger partial charge in [-0.2, -0.15) is 0 Å². The number of carbonyl (C=O) groups is 1. The highest BCUT2D eigenvalue weighted by molar-refractivity contribution is 6.27. The van der Waals surface area contributed by atoms with E-state index in [4.69, 9.17) is 22.1 Å². The predicted molar refractivity (Wildman–Crippen MR) is 84.1 cm³/mol. The molecule has 0 radical (unpaired) electrons. The number of fused-ring (bicyclic) bond motifs is 2. The van der Waals surface area contributed by atoms with Gasteiger partial charge in [-0.15, -0.1) is 11.6 Å². The van der Waals surface area contributed by atoms with E-state index in [1.807, 2.05) is 18.2 Å². The summed E-state index contributed by atoms with van der Waals surface area (Å²) in [5, 5.41) is 6.16. The van der Waals surface area contributed by atoms with E-state index in [0.717, 1.165) is 30.7 Å². The molecule has 6 heteroatoms. The first-order valence-corrected chi connectivity index (χ1v) is 8.21. The molecule has 3 aliphatic rings. The Morgan fingerprint density at radius 1 is 1.55 bits per heavy atom. The molecule has 0 spiro atoms. The van der Waals surface area contributed by atoms with Crippen LogP contribution in [0.15, 0.2) is 18.2 Å². The SMILES string of the molecule is NC1NCC2C(CNC(=O)c3cccc4c3OCCC4)C12Cl. The maximum Gasteiger partial charge on any atom is 0.255 e. The highest BCUT2D eigenvalue weighted by Crippen LogP contribution is 2.59. The molecule has 4 unspecified atom stereocenters. The largest absolute Gasteiger partial charge is 0.492 e. The van der Waals surface area contributed by atoms with Gasteiger partial charge in [0.1, 0.15) is 5.75 Å². The van der Waals surface area contributed by atoms with Crippen LogP contribution in [0, 0.1) is 11.8 Å². The molecule has 1 saturated carbocycles. The molecule has 4 N–H and O–H groups in total. The number of para-hydroxylation sites is 1. The first-order valence-electron chi connectivity index (χ1n) is 7.83. The molecule has 1 aromatic rings. The first kappa shape index (κ1) is 14.3. The van der Waals surface area contributed by atoms with Gasteiger partial charge in [0.25, 0.3) is 5.91 Å². The lowest BCUT2D eigenvalue weighted by Gasteiger charge is -2.20. The number of hydrogen-bond acceptors (Lipinski definition) is 4. The summed E-state index contributed by atoms with van der Waals surface area (Å²) in [5.41, 5.74) is 7.71. The fraction of sp³-hybridized carbons (Fsp3) is 0.562. The van der Waals surface area contributed by atoms with E-state index in [1.165, 1.54) is 0 Å². The molecule has 2 fully saturated rings. The Labute approximate surface area is 134 Å². The van der Waals surface area contributed by atoms with Crippen molar-refractivity contribution >= 4 is 17.5 Å². The van der Waals surface area contributed by atoms with Crippen LogP contribution in [0.4, 0.5) is 0 Å². The van der Waals surface area contributed by atoms with Gasteiger partial charge in [0.05, 0.1) is 23.2 Å². The molecule has 5 nitrogen and oxygen atoms in total. The Kier molecular flexibility index (Phi) is 3.33. The van der Waals surface area contributed by atoms with Gasteiger partial charge in [0, 0.05) is 24.9 Å². The van der Waals surface area contributed by atoms with Gasteiger partial charge in [0.2, 0.25) is 0 Å². The van der Waals surface area contributed by atoms with E-state index >= 15 is 0 Å². The lowest BCUT2D eigenvalue weighted by Crippen LogP contribution is -2.44. The van der Waals surface area contributed by atoms with Crippen LogP contribution in [0.1, 0.15) is 22.3 Å². The average Bonchev–Trinajstić information content (AvgIpc) is 3.01. The van der Waals surface area contributed by atoms with Crippen LogP contribution in [-0.4, -0.2) is 36.6 Å². The number of nitrogens with two attached hydrogens (primary N) is 1. The van der Waals surface area contributed by atoms with Crippen molar-refractivity contribution in [1.29, 1.82) is 0 Å². The summed E-state index contributed by atoms with van der Waals surface area (Å²) in [6.45, 7) is 2.06. The molecule has 4 rings (SSSR count). The molecule has 0 aromatic heterocycles. The predicted octanol–water partition coefficient (Wildman–Crippen LogP) is 0.853. The van der Waals surface area contributed by atoms with Crippen molar-refractivity contribution in [2.75, 3.05) is 19.7 Å². The van der Waals surface area contributed by atoms with E-state index < -0.39 is 0 Å². The summed E-state index contributed by atoms with van der Waals surface area (Å²) in [6.07, 6.45) is 1.78. The number of carbonyl (C=O) groups excluding carboxylic acids is 1. The monoisotopic (exact) mass is 321 g/mol. The van der Waals surface area contributed by atoms with E-state index in [0.29, 0.717) is 24.6 Å². The Morgan fingerprint density at radius 3 is 3.18 bits per heavy atom. The Hall–Kier alpha value is -1.30. The number of hydrogen-bond donors (Lipinski definition) is 3. The molecule has 0 bridgehead atoms. The molecule has 22 heavy (non-hydrogen) atoms. The molecule has 2 aliphatic heterocycles. The van der Waals surface area contributed by atoms with Gasteiger partial charge in [-0.1, -0.05) is 12.1 Å². The Bertz CT molecular complexity index is 623. The van der Waals surface area contributed by atoms with Gasteiger partial charge < -0.3 is 21.1 Å². The van der Waals surface area contributed by atoms with Crippen molar-refractivity contribution < 1.29 is 9.53 Å². The van der Waals surface area contributed by atoms with Gasteiger partial charge in [0.15, 0.2) is 0 Å². The van der Waals surface area contributed by atoms with E-state index in [-0.39, 0.29) is 22.9 Å². The smallest absolute Gasteiger partial charge is 0.255 e. The van der Waals surface area contributed by atoms with Gasteiger partial charge in [-0.05, 0) is 24.5 Å². The quantitative estimate of drug-likeness (QED) is 0.722. The molecule has 2 heterocycles. The van der Waals surface area contributed by atoms with E-state index in [2.05, 4.69) is 10.6 Å². The zero-order valence-corrected chi connectivity index (χ0v) is 13.0. The summed E-state index contributed by atoms with van der Waals surface area (Å²) in [7, 11) is 0. The van der Waals surface area contributed by atoms with Crippen LogP contribution in [0.2, 0.25) is 0 Å². The van der Waals surface area contributed by atoms with Crippen molar-refractivity contribution in [2.45, 2.75) is 23.9 Å². The zero-order chi connectivity index (χ0) is 15.3. The molecule has 118 valence electrons. The number of aryl methyl sites for hydroxylation is 1. The summed E-state index contributed by atoms with van der Waals surface area (Å²) >= 11 is 6.54. The van der Waals surface area contributed by atoms with Gasteiger partial charge in [-0.25, -0.2) is 0 Å². The number of amides is 1. The maximum atomic E-state index is 12.5. The van der Waals surface area contributed by atoms with Crippen LogP contribution in [0.5, 0.6) is 5.75 Å². The standard InChI is InChI=1S/C16H20ClN3O2/c17-16-11(12(16)8-20-15(16)18)7-19-14(21)10-5-1-3-9-4-2-6-22-13(9)10/h1,3,5,11-12,15,20H,2,4,6-8,18H2,(H,19,21). The Balaban J connectivity index is 1.44. The molecule has 1 amide bonds.